The predicted octanol–water partition coefficient (Wildman–Crippen LogP) is 10.5. The van der Waals surface area contributed by atoms with Crippen LogP contribution in [0.5, 0.6) is 0 Å². The molecule has 37 heavy (non-hydrogen) atoms. The van der Waals surface area contributed by atoms with E-state index in [-0.39, 0.29) is 0 Å². The zero-order valence-corrected chi connectivity index (χ0v) is 20.8. The van der Waals surface area contributed by atoms with Gasteiger partial charge in [0.1, 0.15) is 0 Å². The van der Waals surface area contributed by atoms with Crippen LogP contribution >= 0.6 is 0 Å². The van der Waals surface area contributed by atoms with Crippen LogP contribution in [0.1, 0.15) is 5.56 Å². The summed E-state index contributed by atoms with van der Waals surface area (Å²) in [5.74, 6) is 0. The Labute approximate surface area is 217 Å². The van der Waals surface area contributed by atoms with Crippen molar-refractivity contribution >= 4 is 32.3 Å². The van der Waals surface area contributed by atoms with Gasteiger partial charge in [-0.2, -0.15) is 0 Å². The van der Waals surface area contributed by atoms with E-state index in [0.29, 0.717) is 0 Å². The topological polar surface area (TPSA) is 0 Å². The highest BCUT2D eigenvalue weighted by Crippen LogP contribution is 2.37. The summed E-state index contributed by atoms with van der Waals surface area (Å²) in [6, 6.07) is 50.9. The predicted molar refractivity (Wildman–Crippen MR) is 160 cm³/mol. The van der Waals surface area contributed by atoms with Crippen LogP contribution in [0.2, 0.25) is 0 Å². The Hall–Kier alpha value is -4.68. The highest BCUT2D eigenvalue weighted by molar-refractivity contribution is 6.25. The van der Waals surface area contributed by atoms with Crippen molar-refractivity contribution in [2.45, 2.75) is 6.92 Å². The lowest BCUT2D eigenvalue weighted by Crippen LogP contribution is -1.86. The van der Waals surface area contributed by atoms with Gasteiger partial charge in [0, 0.05) is 0 Å². The van der Waals surface area contributed by atoms with E-state index >= 15 is 0 Å². The van der Waals surface area contributed by atoms with Crippen molar-refractivity contribution in [2.75, 3.05) is 0 Å². The highest BCUT2D eigenvalue weighted by atomic mass is 14.1. The van der Waals surface area contributed by atoms with Crippen molar-refractivity contribution in [1.82, 2.24) is 0 Å². The fourth-order valence-electron chi connectivity index (χ4n) is 5.69. The molecule has 0 heterocycles. The van der Waals surface area contributed by atoms with E-state index in [4.69, 9.17) is 0 Å². The van der Waals surface area contributed by atoms with Gasteiger partial charge in [0.2, 0.25) is 0 Å². The van der Waals surface area contributed by atoms with Crippen LogP contribution in [-0.2, 0) is 0 Å². The number of aryl methyl sites for hydroxylation is 1. The molecular formula is C37H26. The van der Waals surface area contributed by atoms with Gasteiger partial charge in [-0.05, 0) is 90.3 Å². The Bertz CT molecular complexity index is 1870. The quantitative estimate of drug-likeness (QED) is 0.225. The van der Waals surface area contributed by atoms with E-state index in [1.165, 1.54) is 71.3 Å². The van der Waals surface area contributed by atoms with Crippen molar-refractivity contribution < 1.29 is 0 Å². The summed E-state index contributed by atoms with van der Waals surface area (Å²) in [4.78, 5) is 0. The van der Waals surface area contributed by atoms with Crippen molar-refractivity contribution in [1.29, 1.82) is 0 Å². The van der Waals surface area contributed by atoms with Gasteiger partial charge in [-0.3, -0.25) is 0 Å². The number of fused-ring (bicyclic) bond motifs is 6. The van der Waals surface area contributed by atoms with Gasteiger partial charge in [0.25, 0.3) is 0 Å². The SMILES string of the molecule is Cc1cc(-c2ccccc2)cc(-c2ccc(-c3ccc4c5ccccc5c5ccccc5c4c3)cc2)c1. The fraction of sp³-hybridized carbons (Fsp3) is 0.0270. The normalized spacial score (nSPS) is 11.4. The second-order valence-corrected chi connectivity index (χ2v) is 9.88. The molecule has 0 atom stereocenters. The lowest BCUT2D eigenvalue weighted by molar-refractivity contribution is 1.46. The second kappa shape index (κ2) is 8.76. The van der Waals surface area contributed by atoms with Crippen LogP contribution in [0.25, 0.3) is 65.7 Å². The minimum absolute atomic E-state index is 1.24. The molecule has 0 aliphatic rings. The summed E-state index contributed by atoms with van der Waals surface area (Å²) in [6.45, 7) is 2.17. The molecule has 0 spiro atoms. The van der Waals surface area contributed by atoms with Gasteiger partial charge < -0.3 is 0 Å². The summed E-state index contributed by atoms with van der Waals surface area (Å²) in [7, 11) is 0. The second-order valence-electron chi connectivity index (χ2n) is 9.88. The summed E-state index contributed by atoms with van der Waals surface area (Å²) in [5.41, 5.74) is 8.75. The van der Waals surface area contributed by atoms with Crippen LogP contribution in [0.3, 0.4) is 0 Å². The first-order chi connectivity index (χ1) is 18.2. The zero-order chi connectivity index (χ0) is 24.8. The van der Waals surface area contributed by atoms with Crippen LogP contribution in [0.4, 0.5) is 0 Å². The number of rotatable bonds is 3. The first-order valence-corrected chi connectivity index (χ1v) is 12.9. The molecule has 7 rings (SSSR count). The lowest BCUT2D eigenvalue weighted by atomic mass is 9.91. The minimum atomic E-state index is 1.24. The number of hydrogen-bond acceptors (Lipinski definition) is 0. The average Bonchev–Trinajstić information content (AvgIpc) is 2.97. The smallest absolute Gasteiger partial charge is 0.00928 e. The standard InChI is InChI=1S/C37H26/c1-25-21-30(26-9-3-2-4-10-26)23-31(22-25)28-17-15-27(16-18-28)29-19-20-36-34-13-6-5-11-32(34)33-12-7-8-14-35(33)37(36)24-29/h2-24H,1H3. The largest absolute Gasteiger partial charge is 0.0622 e. The Morgan fingerprint density at radius 3 is 1.24 bits per heavy atom. The van der Waals surface area contributed by atoms with Crippen LogP contribution < -0.4 is 0 Å². The zero-order valence-electron chi connectivity index (χ0n) is 20.8. The molecule has 0 amide bonds. The summed E-state index contributed by atoms with van der Waals surface area (Å²) >= 11 is 0. The summed E-state index contributed by atoms with van der Waals surface area (Å²) in [6.07, 6.45) is 0. The van der Waals surface area contributed by atoms with Gasteiger partial charge in [-0.1, -0.05) is 127 Å². The Morgan fingerprint density at radius 1 is 0.270 bits per heavy atom. The molecule has 0 radical (unpaired) electrons. The molecule has 7 aromatic rings. The number of benzene rings is 7. The Kier molecular flexibility index (Phi) is 5.11. The molecule has 0 N–H and O–H groups in total. The van der Waals surface area contributed by atoms with Gasteiger partial charge in [0.05, 0.1) is 0 Å². The van der Waals surface area contributed by atoms with E-state index in [0.717, 1.165) is 0 Å². The third-order valence-electron chi connectivity index (χ3n) is 7.48. The van der Waals surface area contributed by atoms with Crippen LogP contribution in [-0.4, -0.2) is 0 Å². The first-order valence-electron chi connectivity index (χ1n) is 12.9. The van der Waals surface area contributed by atoms with E-state index < -0.39 is 0 Å². The maximum absolute atomic E-state index is 2.36. The van der Waals surface area contributed by atoms with Crippen LogP contribution in [0, 0.1) is 6.92 Å². The number of hydrogen-bond donors (Lipinski definition) is 0. The van der Waals surface area contributed by atoms with E-state index in [1.54, 1.807) is 0 Å². The molecule has 0 fully saturated rings. The minimum Gasteiger partial charge on any atom is -0.0622 e. The third-order valence-corrected chi connectivity index (χ3v) is 7.48. The molecule has 0 nitrogen and oxygen atoms in total. The molecule has 0 saturated heterocycles. The maximum Gasteiger partial charge on any atom is -0.00928 e. The average molecular weight is 471 g/mol. The van der Waals surface area contributed by atoms with Gasteiger partial charge in [-0.25, -0.2) is 0 Å². The van der Waals surface area contributed by atoms with Crippen LogP contribution in [0.15, 0.2) is 140 Å². The Morgan fingerprint density at radius 2 is 0.676 bits per heavy atom. The van der Waals surface area contributed by atoms with Crippen molar-refractivity contribution in [3.05, 3.63) is 145 Å². The van der Waals surface area contributed by atoms with Gasteiger partial charge >= 0.3 is 0 Å². The van der Waals surface area contributed by atoms with Crippen molar-refractivity contribution in [3.8, 4) is 33.4 Å². The van der Waals surface area contributed by atoms with E-state index in [2.05, 4.69) is 146 Å². The summed E-state index contributed by atoms with van der Waals surface area (Å²) < 4.78 is 0. The first kappa shape index (κ1) is 21.6. The van der Waals surface area contributed by atoms with Crippen molar-refractivity contribution in [3.63, 3.8) is 0 Å². The molecule has 0 aliphatic heterocycles. The molecule has 174 valence electrons. The maximum atomic E-state index is 2.36. The van der Waals surface area contributed by atoms with E-state index in [9.17, 15) is 0 Å². The summed E-state index contributed by atoms with van der Waals surface area (Å²) in [5, 5.41) is 7.86. The monoisotopic (exact) mass is 470 g/mol. The third kappa shape index (κ3) is 3.79. The molecule has 0 heteroatoms. The van der Waals surface area contributed by atoms with Crippen molar-refractivity contribution in [2.24, 2.45) is 0 Å². The lowest BCUT2D eigenvalue weighted by Gasteiger charge is -2.12. The Balaban J connectivity index is 1.32. The fourth-order valence-corrected chi connectivity index (χ4v) is 5.69. The van der Waals surface area contributed by atoms with Gasteiger partial charge in [-0.15, -0.1) is 0 Å². The molecule has 0 saturated carbocycles. The van der Waals surface area contributed by atoms with Gasteiger partial charge in [0.15, 0.2) is 0 Å². The highest BCUT2D eigenvalue weighted by Gasteiger charge is 2.10. The molecular weight excluding hydrogens is 444 g/mol. The van der Waals surface area contributed by atoms with E-state index in [1.807, 2.05) is 0 Å². The molecule has 0 bridgehead atoms. The molecule has 0 aromatic heterocycles. The molecule has 0 unspecified atom stereocenters. The molecule has 7 aromatic carbocycles. The molecule has 0 aliphatic carbocycles.